The Kier molecular flexibility index (Phi) is 3.96. The van der Waals surface area contributed by atoms with Crippen LogP contribution >= 0.6 is 0 Å². The molecule has 2 amide bonds. The maximum Gasteiger partial charge on any atom is 0.407 e. The van der Waals surface area contributed by atoms with Gasteiger partial charge in [0.2, 0.25) is 0 Å². The van der Waals surface area contributed by atoms with E-state index in [1.54, 1.807) is 0 Å². The third kappa shape index (κ3) is 2.61. The number of ether oxygens (including phenoxy) is 1. The van der Waals surface area contributed by atoms with Crippen LogP contribution in [0.25, 0.3) is 0 Å². The summed E-state index contributed by atoms with van der Waals surface area (Å²) in [5.74, 6) is -8.38. The van der Waals surface area contributed by atoms with Crippen LogP contribution in [0.3, 0.4) is 0 Å². The van der Waals surface area contributed by atoms with Crippen LogP contribution in [-0.4, -0.2) is 30.0 Å². The number of fused-ring (bicyclic) bond motifs is 1. The minimum atomic E-state index is -4.12. The average Bonchev–Trinajstić information content (AvgIpc) is 2.87. The van der Waals surface area contributed by atoms with Gasteiger partial charge in [0.05, 0.1) is 23.8 Å². The molecule has 0 saturated heterocycles. The van der Waals surface area contributed by atoms with Crippen LogP contribution < -0.4 is 4.74 Å². The maximum atomic E-state index is 14.4. The molecule has 0 aliphatic carbocycles. The summed E-state index contributed by atoms with van der Waals surface area (Å²) in [7, 11) is 1.17. The van der Waals surface area contributed by atoms with E-state index in [0.29, 0.717) is 0 Å². The van der Waals surface area contributed by atoms with Gasteiger partial charge in [-0.2, -0.15) is 8.78 Å². The van der Waals surface area contributed by atoms with Crippen LogP contribution in [0.5, 0.6) is 5.75 Å². The van der Waals surface area contributed by atoms with Crippen molar-refractivity contribution < 1.29 is 32.7 Å². The molecule has 1 aliphatic rings. The molecule has 1 heterocycles. The van der Waals surface area contributed by atoms with Crippen molar-refractivity contribution in [2.75, 3.05) is 7.11 Å². The largest absolute Gasteiger partial charge is 0.496 e. The zero-order valence-corrected chi connectivity index (χ0v) is 12.9. The van der Waals surface area contributed by atoms with Gasteiger partial charge >= 0.3 is 11.9 Å². The van der Waals surface area contributed by atoms with Crippen molar-refractivity contribution in [3.63, 3.8) is 0 Å². The molecule has 0 bridgehead atoms. The topological polar surface area (TPSA) is 72.9 Å². The van der Waals surface area contributed by atoms with Crippen LogP contribution in [0.15, 0.2) is 48.5 Å². The first-order chi connectivity index (χ1) is 11.9. The lowest BCUT2D eigenvalue weighted by Crippen LogP contribution is -2.39. The second-order valence-electron chi connectivity index (χ2n) is 5.10. The van der Waals surface area contributed by atoms with Gasteiger partial charge in [0, 0.05) is 0 Å². The molecule has 128 valence electrons. The third-order valence-corrected chi connectivity index (χ3v) is 3.63. The van der Waals surface area contributed by atoms with Crippen LogP contribution in [0, 0.1) is 0 Å². The highest BCUT2D eigenvalue weighted by molar-refractivity contribution is 6.20. The summed E-state index contributed by atoms with van der Waals surface area (Å²) in [4.78, 5) is 40.6. The fraction of sp³-hybridized carbons (Fsp3) is 0.118. The van der Waals surface area contributed by atoms with Crippen molar-refractivity contribution in [3.8, 4) is 5.75 Å². The molecule has 0 unspecified atom stereocenters. The number of alkyl halides is 2. The molecule has 2 aromatic carbocycles. The Balaban J connectivity index is 1.88. The summed E-state index contributed by atoms with van der Waals surface area (Å²) in [6.45, 7) is 0. The number of benzene rings is 2. The molecule has 6 nitrogen and oxygen atoms in total. The predicted molar refractivity (Wildman–Crippen MR) is 79.9 cm³/mol. The number of para-hydroxylation sites is 1. The highest BCUT2D eigenvalue weighted by Crippen LogP contribution is 2.36. The molecule has 2 aromatic rings. The van der Waals surface area contributed by atoms with E-state index in [-0.39, 0.29) is 21.9 Å². The summed E-state index contributed by atoms with van der Waals surface area (Å²) in [5, 5.41) is 0.0380. The first-order valence-corrected chi connectivity index (χ1v) is 7.09. The molecule has 3 rings (SSSR count). The lowest BCUT2D eigenvalue weighted by Gasteiger charge is -2.20. The Bertz CT molecular complexity index is 846. The first kappa shape index (κ1) is 16.6. The third-order valence-electron chi connectivity index (χ3n) is 3.63. The highest BCUT2D eigenvalue weighted by Gasteiger charge is 2.49. The second kappa shape index (κ2) is 5.97. The zero-order valence-electron chi connectivity index (χ0n) is 12.9. The van der Waals surface area contributed by atoms with Gasteiger partial charge in [-0.1, -0.05) is 29.3 Å². The van der Waals surface area contributed by atoms with E-state index in [1.165, 1.54) is 49.6 Å². The van der Waals surface area contributed by atoms with Gasteiger partial charge in [-0.25, -0.2) is 4.79 Å². The summed E-state index contributed by atoms with van der Waals surface area (Å²) in [5.41, 5.74) is -0.791. The van der Waals surface area contributed by atoms with Gasteiger partial charge in [0.25, 0.3) is 11.8 Å². The molecule has 0 spiro atoms. The number of hydrogen-bond acceptors (Lipinski definition) is 5. The van der Waals surface area contributed by atoms with Gasteiger partial charge in [0.15, 0.2) is 0 Å². The monoisotopic (exact) mass is 347 g/mol. The molecule has 0 N–H and O–H groups in total. The molecule has 0 saturated carbocycles. The summed E-state index contributed by atoms with van der Waals surface area (Å²) in [6.07, 6.45) is 0. The number of rotatable bonds is 4. The molecular formula is C17H11F2NO5. The SMILES string of the molecule is COc1ccccc1C(F)(F)C(=O)ON1C(=O)c2ccccc2C1=O. The van der Waals surface area contributed by atoms with Crippen molar-refractivity contribution in [1.29, 1.82) is 0 Å². The molecule has 0 fully saturated rings. The van der Waals surface area contributed by atoms with E-state index in [1.807, 2.05) is 0 Å². The lowest BCUT2D eigenvalue weighted by molar-refractivity contribution is -0.198. The number of carbonyl (C=O) groups is 3. The second-order valence-corrected chi connectivity index (χ2v) is 5.10. The fourth-order valence-corrected chi connectivity index (χ4v) is 2.40. The van der Waals surface area contributed by atoms with E-state index in [4.69, 9.17) is 4.74 Å². The van der Waals surface area contributed by atoms with Gasteiger partial charge in [-0.15, -0.1) is 0 Å². The van der Waals surface area contributed by atoms with Gasteiger partial charge < -0.3 is 9.57 Å². The standard InChI is InChI=1S/C17H11F2NO5/c1-24-13-9-5-4-8-12(13)17(18,19)16(23)25-20-14(21)10-6-2-3-7-11(10)15(20)22/h2-9H,1H3. The van der Waals surface area contributed by atoms with Crippen LogP contribution in [-0.2, 0) is 15.6 Å². The van der Waals surface area contributed by atoms with Crippen molar-refractivity contribution in [1.82, 2.24) is 5.06 Å². The van der Waals surface area contributed by atoms with E-state index in [0.717, 1.165) is 6.07 Å². The Morgan fingerprint density at radius 3 is 2.04 bits per heavy atom. The summed E-state index contributed by atoms with van der Waals surface area (Å²) < 4.78 is 33.7. The van der Waals surface area contributed by atoms with Crippen molar-refractivity contribution >= 4 is 17.8 Å². The fourth-order valence-electron chi connectivity index (χ4n) is 2.40. The smallest absolute Gasteiger partial charge is 0.407 e. The zero-order chi connectivity index (χ0) is 18.2. The molecular weight excluding hydrogens is 336 g/mol. The van der Waals surface area contributed by atoms with Gasteiger partial charge in [0.1, 0.15) is 5.75 Å². The molecule has 1 aliphatic heterocycles. The minimum absolute atomic E-state index is 0.0269. The maximum absolute atomic E-state index is 14.4. The van der Waals surface area contributed by atoms with Crippen LogP contribution in [0.1, 0.15) is 26.3 Å². The van der Waals surface area contributed by atoms with Gasteiger partial charge in [-0.05, 0) is 24.3 Å². The first-order valence-electron chi connectivity index (χ1n) is 7.09. The Hall–Kier alpha value is -3.29. The number of carbonyl (C=O) groups excluding carboxylic acids is 3. The number of amides is 2. The predicted octanol–water partition coefficient (Wildman–Crippen LogP) is 2.54. The quantitative estimate of drug-likeness (QED) is 0.795. The lowest BCUT2D eigenvalue weighted by atomic mass is 10.1. The van der Waals surface area contributed by atoms with E-state index >= 15 is 0 Å². The van der Waals surface area contributed by atoms with E-state index in [9.17, 15) is 23.2 Å². The normalized spacial score (nSPS) is 13.6. The number of hydrogen-bond donors (Lipinski definition) is 0. The minimum Gasteiger partial charge on any atom is -0.496 e. The number of imide groups is 1. The summed E-state index contributed by atoms with van der Waals surface area (Å²) >= 11 is 0. The van der Waals surface area contributed by atoms with Crippen LogP contribution in [0.4, 0.5) is 8.78 Å². The highest BCUT2D eigenvalue weighted by atomic mass is 19.3. The number of nitrogens with zero attached hydrogens (tertiary/aromatic N) is 1. The van der Waals surface area contributed by atoms with Crippen molar-refractivity contribution in [2.45, 2.75) is 5.92 Å². The van der Waals surface area contributed by atoms with Crippen molar-refractivity contribution in [2.24, 2.45) is 0 Å². The molecule has 0 atom stereocenters. The summed E-state index contributed by atoms with van der Waals surface area (Å²) in [6, 6.07) is 10.6. The average molecular weight is 347 g/mol. The molecule has 0 aromatic heterocycles. The number of methoxy groups -OCH3 is 1. The number of halogens is 2. The number of hydroxylamine groups is 2. The van der Waals surface area contributed by atoms with Gasteiger partial charge in [-0.3, -0.25) is 9.59 Å². The van der Waals surface area contributed by atoms with E-state index < -0.39 is 29.3 Å². The molecule has 25 heavy (non-hydrogen) atoms. The van der Waals surface area contributed by atoms with E-state index in [2.05, 4.69) is 4.84 Å². The van der Waals surface area contributed by atoms with Crippen LogP contribution in [0.2, 0.25) is 0 Å². The molecule has 8 heteroatoms. The Morgan fingerprint density at radius 2 is 1.48 bits per heavy atom. The Morgan fingerprint density at radius 1 is 0.960 bits per heavy atom. The molecule has 0 radical (unpaired) electrons. The van der Waals surface area contributed by atoms with Crippen molar-refractivity contribution in [3.05, 3.63) is 65.2 Å². The Labute approximate surface area is 140 Å².